The molecule has 0 aliphatic heterocycles. The zero-order chi connectivity index (χ0) is 12.8. The molecule has 3 nitrogen and oxygen atoms in total. The first-order valence-electron chi connectivity index (χ1n) is 6.00. The molecule has 1 heterocycles. The highest BCUT2D eigenvalue weighted by atomic mass is 79.9. The summed E-state index contributed by atoms with van der Waals surface area (Å²) in [5, 5.41) is 3.42. The van der Waals surface area contributed by atoms with Crippen LogP contribution in [0.3, 0.4) is 0 Å². The summed E-state index contributed by atoms with van der Waals surface area (Å²) in [7, 11) is 0. The van der Waals surface area contributed by atoms with Crippen LogP contribution in [0.15, 0.2) is 10.7 Å². The van der Waals surface area contributed by atoms with Crippen LogP contribution in [-0.4, -0.2) is 16.5 Å². The van der Waals surface area contributed by atoms with Crippen molar-refractivity contribution in [1.82, 2.24) is 9.97 Å². The highest BCUT2D eigenvalue weighted by Crippen LogP contribution is 2.68. The maximum Gasteiger partial charge on any atom is 0.130 e. The number of anilines is 1. The van der Waals surface area contributed by atoms with Gasteiger partial charge in [0.15, 0.2) is 0 Å². The summed E-state index contributed by atoms with van der Waals surface area (Å²) in [4.78, 5) is 8.58. The number of hydrogen-bond acceptors (Lipinski definition) is 3. The summed E-state index contributed by atoms with van der Waals surface area (Å²) in [6.45, 7) is 12.2. The Balaban J connectivity index is 2.00. The smallest absolute Gasteiger partial charge is 0.130 e. The van der Waals surface area contributed by atoms with Gasteiger partial charge >= 0.3 is 0 Å². The monoisotopic (exact) mass is 297 g/mol. The SMILES string of the molecule is Cc1nc(Br)cc(NCC2C(C)(C)C2(C)C)n1. The van der Waals surface area contributed by atoms with Gasteiger partial charge in [-0.05, 0) is 39.6 Å². The van der Waals surface area contributed by atoms with Crippen molar-refractivity contribution in [3.05, 3.63) is 16.5 Å². The van der Waals surface area contributed by atoms with Gasteiger partial charge in [0.1, 0.15) is 16.2 Å². The fourth-order valence-electron chi connectivity index (χ4n) is 2.67. The van der Waals surface area contributed by atoms with Crippen LogP contribution >= 0.6 is 15.9 Å². The first kappa shape index (κ1) is 12.8. The summed E-state index contributed by atoms with van der Waals surface area (Å²) in [6.07, 6.45) is 0. The molecule has 1 aromatic heterocycles. The van der Waals surface area contributed by atoms with Crippen molar-refractivity contribution in [2.45, 2.75) is 34.6 Å². The van der Waals surface area contributed by atoms with Gasteiger partial charge in [-0.25, -0.2) is 9.97 Å². The zero-order valence-corrected chi connectivity index (χ0v) is 12.7. The maximum absolute atomic E-state index is 4.38. The quantitative estimate of drug-likeness (QED) is 0.866. The Morgan fingerprint density at radius 3 is 2.29 bits per heavy atom. The molecule has 0 atom stereocenters. The molecule has 1 aromatic rings. The minimum atomic E-state index is 0.416. The average Bonchev–Trinajstić information content (AvgIpc) is 2.53. The van der Waals surface area contributed by atoms with E-state index in [4.69, 9.17) is 0 Å². The largest absolute Gasteiger partial charge is 0.370 e. The number of hydrogen-bond donors (Lipinski definition) is 1. The van der Waals surface area contributed by atoms with Crippen molar-refractivity contribution in [2.75, 3.05) is 11.9 Å². The van der Waals surface area contributed by atoms with Crippen LogP contribution in [0.5, 0.6) is 0 Å². The van der Waals surface area contributed by atoms with Crippen LogP contribution in [-0.2, 0) is 0 Å². The van der Waals surface area contributed by atoms with Gasteiger partial charge < -0.3 is 5.32 Å². The topological polar surface area (TPSA) is 37.8 Å². The number of halogens is 1. The molecule has 94 valence electrons. The first-order valence-corrected chi connectivity index (χ1v) is 6.79. The van der Waals surface area contributed by atoms with E-state index in [0.29, 0.717) is 16.7 Å². The second-order valence-electron chi connectivity index (χ2n) is 6.00. The molecule has 0 bridgehead atoms. The van der Waals surface area contributed by atoms with E-state index in [2.05, 4.69) is 58.9 Å². The van der Waals surface area contributed by atoms with E-state index >= 15 is 0 Å². The fraction of sp³-hybridized carbons (Fsp3) is 0.692. The van der Waals surface area contributed by atoms with Gasteiger partial charge in [0, 0.05) is 12.6 Å². The van der Waals surface area contributed by atoms with Gasteiger partial charge in [0.2, 0.25) is 0 Å². The number of rotatable bonds is 3. The molecule has 1 fully saturated rings. The molecule has 1 aliphatic carbocycles. The van der Waals surface area contributed by atoms with E-state index in [9.17, 15) is 0 Å². The third-order valence-corrected chi connectivity index (χ3v) is 5.02. The Morgan fingerprint density at radius 2 is 1.82 bits per heavy atom. The van der Waals surface area contributed by atoms with E-state index in [-0.39, 0.29) is 0 Å². The Bertz CT molecular complexity index is 406. The molecule has 4 heteroatoms. The second kappa shape index (κ2) is 3.94. The van der Waals surface area contributed by atoms with Gasteiger partial charge in [0.05, 0.1) is 0 Å². The predicted molar refractivity (Wildman–Crippen MR) is 74.0 cm³/mol. The van der Waals surface area contributed by atoms with Crippen LogP contribution < -0.4 is 5.32 Å². The average molecular weight is 298 g/mol. The number of aryl methyl sites for hydroxylation is 1. The molecule has 2 rings (SSSR count). The van der Waals surface area contributed by atoms with Crippen LogP contribution in [0.1, 0.15) is 33.5 Å². The third kappa shape index (κ3) is 2.19. The molecule has 1 aliphatic rings. The Kier molecular flexibility index (Phi) is 2.97. The number of nitrogens with zero attached hydrogens (tertiary/aromatic N) is 2. The van der Waals surface area contributed by atoms with E-state index in [1.807, 2.05) is 13.0 Å². The second-order valence-corrected chi connectivity index (χ2v) is 6.81. The number of nitrogens with one attached hydrogen (secondary N) is 1. The van der Waals surface area contributed by atoms with E-state index in [1.54, 1.807) is 0 Å². The van der Waals surface area contributed by atoms with E-state index in [1.165, 1.54) is 0 Å². The van der Waals surface area contributed by atoms with E-state index in [0.717, 1.165) is 22.8 Å². The summed E-state index contributed by atoms with van der Waals surface area (Å²) < 4.78 is 0.835. The number of aromatic nitrogens is 2. The lowest BCUT2D eigenvalue weighted by atomic mass is 10.0. The lowest BCUT2D eigenvalue weighted by Crippen LogP contribution is -2.10. The molecular weight excluding hydrogens is 278 g/mol. The molecule has 1 N–H and O–H groups in total. The standard InChI is InChI=1S/C13H20BrN3/c1-8-16-10(14)6-11(17-8)15-7-9-12(2,3)13(9,4)5/h6,9H,7H2,1-5H3,(H,15,16,17). The highest BCUT2D eigenvalue weighted by Gasteiger charge is 2.64. The van der Waals surface area contributed by atoms with Gasteiger partial charge in [-0.3, -0.25) is 0 Å². The van der Waals surface area contributed by atoms with Crippen molar-refractivity contribution in [1.29, 1.82) is 0 Å². The van der Waals surface area contributed by atoms with Crippen molar-refractivity contribution >= 4 is 21.7 Å². The van der Waals surface area contributed by atoms with Gasteiger partial charge in [-0.1, -0.05) is 27.7 Å². The lowest BCUT2D eigenvalue weighted by molar-refractivity contribution is 0.457. The Labute approximate surface area is 112 Å². The molecule has 0 aromatic carbocycles. The normalized spacial score (nSPS) is 21.3. The lowest BCUT2D eigenvalue weighted by Gasteiger charge is -2.07. The van der Waals surface area contributed by atoms with Crippen molar-refractivity contribution in [3.8, 4) is 0 Å². The minimum Gasteiger partial charge on any atom is -0.370 e. The Hall–Kier alpha value is -0.640. The molecule has 0 amide bonds. The predicted octanol–water partition coefficient (Wildman–Crippen LogP) is 3.64. The zero-order valence-electron chi connectivity index (χ0n) is 11.1. The molecule has 1 saturated carbocycles. The summed E-state index contributed by atoms with van der Waals surface area (Å²) in [6, 6.07) is 1.93. The van der Waals surface area contributed by atoms with Crippen LogP contribution in [0.4, 0.5) is 5.82 Å². The van der Waals surface area contributed by atoms with Crippen molar-refractivity contribution in [3.63, 3.8) is 0 Å². The molecule has 0 saturated heterocycles. The fourth-order valence-corrected chi connectivity index (χ4v) is 3.15. The highest BCUT2D eigenvalue weighted by molar-refractivity contribution is 9.10. The molecular formula is C13H20BrN3. The molecule has 17 heavy (non-hydrogen) atoms. The van der Waals surface area contributed by atoms with Gasteiger partial charge in [0.25, 0.3) is 0 Å². The summed E-state index contributed by atoms with van der Waals surface area (Å²) >= 11 is 3.39. The first-order chi connectivity index (χ1) is 7.75. The Morgan fingerprint density at radius 1 is 1.24 bits per heavy atom. The van der Waals surface area contributed by atoms with Crippen LogP contribution in [0.25, 0.3) is 0 Å². The van der Waals surface area contributed by atoms with Crippen molar-refractivity contribution < 1.29 is 0 Å². The maximum atomic E-state index is 4.38. The summed E-state index contributed by atoms with van der Waals surface area (Å²) in [5.74, 6) is 2.39. The minimum absolute atomic E-state index is 0.416. The molecule has 0 radical (unpaired) electrons. The van der Waals surface area contributed by atoms with Crippen molar-refractivity contribution in [2.24, 2.45) is 16.7 Å². The molecule has 0 unspecified atom stereocenters. The van der Waals surface area contributed by atoms with Gasteiger partial charge in [-0.15, -0.1) is 0 Å². The van der Waals surface area contributed by atoms with Crippen LogP contribution in [0, 0.1) is 23.7 Å². The molecule has 0 spiro atoms. The summed E-state index contributed by atoms with van der Waals surface area (Å²) in [5.41, 5.74) is 0.832. The van der Waals surface area contributed by atoms with Gasteiger partial charge in [-0.2, -0.15) is 0 Å². The van der Waals surface area contributed by atoms with E-state index < -0.39 is 0 Å². The van der Waals surface area contributed by atoms with Crippen LogP contribution in [0.2, 0.25) is 0 Å². The third-order valence-electron chi connectivity index (χ3n) is 4.61.